The molecule has 5 nitrogen and oxygen atoms in total. The average molecular weight is 280 g/mol. The number of carbonyl (C=O) groups is 1. The van der Waals surface area contributed by atoms with Crippen molar-refractivity contribution in [2.45, 2.75) is 38.6 Å². The van der Waals surface area contributed by atoms with Crippen LogP contribution in [0.25, 0.3) is 0 Å². The molecule has 1 N–H and O–H groups in total. The van der Waals surface area contributed by atoms with Gasteiger partial charge in [0.2, 0.25) is 5.82 Å². The van der Waals surface area contributed by atoms with Gasteiger partial charge in [0.05, 0.1) is 4.92 Å². The summed E-state index contributed by atoms with van der Waals surface area (Å²) in [7, 11) is 0. The monoisotopic (exact) mass is 280 g/mol. The number of benzene rings is 1. The van der Waals surface area contributed by atoms with Gasteiger partial charge in [-0.05, 0) is 43.7 Å². The van der Waals surface area contributed by atoms with Crippen LogP contribution >= 0.6 is 0 Å². The van der Waals surface area contributed by atoms with E-state index >= 15 is 0 Å². The summed E-state index contributed by atoms with van der Waals surface area (Å²) in [5.74, 6) is -0.638. The van der Waals surface area contributed by atoms with Gasteiger partial charge in [-0.1, -0.05) is 6.92 Å². The molecule has 1 aliphatic carbocycles. The standard InChI is InChI=1S/C14H17FN2O3/c1-9-2-5-11(6-3-9)16-14(18)10-4-7-12(15)13(8-10)17(19)20/h4,7-9,11H,2-3,5-6H2,1H3,(H,16,18). The molecule has 1 amide bonds. The summed E-state index contributed by atoms with van der Waals surface area (Å²) >= 11 is 0. The van der Waals surface area contributed by atoms with Crippen LogP contribution in [0.3, 0.4) is 0 Å². The number of rotatable bonds is 3. The van der Waals surface area contributed by atoms with Crippen molar-refractivity contribution in [1.29, 1.82) is 0 Å². The number of nitrogens with one attached hydrogen (secondary N) is 1. The molecule has 0 heterocycles. The van der Waals surface area contributed by atoms with E-state index in [1.807, 2.05) is 0 Å². The molecule has 0 radical (unpaired) electrons. The Morgan fingerprint density at radius 2 is 2.00 bits per heavy atom. The Balaban J connectivity index is 2.06. The molecule has 1 fully saturated rings. The Labute approximate surface area is 116 Å². The highest BCUT2D eigenvalue weighted by atomic mass is 19.1. The van der Waals surface area contributed by atoms with Crippen molar-refractivity contribution in [1.82, 2.24) is 5.32 Å². The van der Waals surface area contributed by atoms with Crippen molar-refractivity contribution in [3.63, 3.8) is 0 Å². The molecule has 1 aromatic carbocycles. The Kier molecular flexibility index (Phi) is 4.32. The van der Waals surface area contributed by atoms with E-state index in [0.29, 0.717) is 5.92 Å². The van der Waals surface area contributed by atoms with Gasteiger partial charge in [0.25, 0.3) is 5.91 Å². The summed E-state index contributed by atoms with van der Waals surface area (Å²) in [6, 6.07) is 3.30. The number of carbonyl (C=O) groups excluding carboxylic acids is 1. The van der Waals surface area contributed by atoms with Crippen molar-refractivity contribution in [2.75, 3.05) is 0 Å². The first kappa shape index (κ1) is 14.4. The summed E-state index contributed by atoms with van der Waals surface area (Å²) in [6.45, 7) is 2.18. The molecule has 1 aromatic rings. The van der Waals surface area contributed by atoms with Crippen LogP contribution in [0.2, 0.25) is 0 Å². The molecule has 1 saturated carbocycles. The van der Waals surface area contributed by atoms with Gasteiger partial charge in [-0.25, -0.2) is 0 Å². The fourth-order valence-corrected chi connectivity index (χ4v) is 2.47. The fraction of sp³-hybridized carbons (Fsp3) is 0.500. The van der Waals surface area contributed by atoms with E-state index in [0.717, 1.165) is 37.8 Å². The summed E-state index contributed by atoms with van der Waals surface area (Å²) in [5, 5.41) is 13.5. The molecular weight excluding hydrogens is 263 g/mol. The maximum absolute atomic E-state index is 13.2. The Morgan fingerprint density at radius 3 is 2.60 bits per heavy atom. The molecule has 0 spiro atoms. The van der Waals surface area contributed by atoms with Crippen LogP contribution < -0.4 is 5.32 Å². The van der Waals surface area contributed by atoms with Gasteiger partial charge in [0.1, 0.15) is 0 Å². The van der Waals surface area contributed by atoms with Crippen LogP contribution in [-0.2, 0) is 0 Å². The molecule has 0 unspecified atom stereocenters. The second-order valence-electron chi connectivity index (χ2n) is 5.35. The molecule has 0 atom stereocenters. The topological polar surface area (TPSA) is 72.2 Å². The molecule has 0 saturated heterocycles. The van der Waals surface area contributed by atoms with Crippen molar-refractivity contribution < 1.29 is 14.1 Å². The highest BCUT2D eigenvalue weighted by Gasteiger charge is 2.22. The fourth-order valence-electron chi connectivity index (χ4n) is 2.47. The zero-order chi connectivity index (χ0) is 14.7. The number of hydrogen-bond acceptors (Lipinski definition) is 3. The number of amides is 1. The molecular formula is C14H17FN2O3. The predicted molar refractivity (Wildman–Crippen MR) is 71.9 cm³/mol. The second-order valence-corrected chi connectivity index (χ2v) is 5.35. The van der Waals surface area contributed by atoms with Crippen LogP contribution in [0.15, 0.2) is 18.2 Å². The normalized spacial score (nSPS) is 22.3. The minimum Gasteiger partial charge on any atom is -0.349 e. The molecule has 1 aliphatic rings. The van der Waals surface area contributed by atoms with Crippen LogP contribution in [0, 0.1) is 21.8 Å². The van der Waals surface area contributed by atoms with Crippen molar-refractivity contribution in [3.8, 4) is 0 Å². The molecule has 2 rings (SSSR count). The van der Waals surface area contributed by atoms with Crippen molar-refractivity contribution in [2.24, 2.45) is 5.92 Å². The molecule has 0 aromatic heterocycles. The SMILES string of the molecule is CC1CCC(NC(=O)c2ccc(F)c([N+](=O)[O-])c2)CC1. The lowest BCUT2D eigenvalue weighted by atomic mass is 9.87. The van der Waals surface area contributed by atoms with Gasteiger partial charge in [0.15, 0.2) is 0 Å². The van der Waals surface area contributed by atoms with E-state index < -0.39 is 16.4 Å². The highest BCUT2D eigenvalue weighted by Crippen LogP contribution is 2.24. The first-order valence-electron chi connectivity index (χ1n) is 6.72. The second kappa shape index (κ2) is 5.98. The van der Waals surface area contributed by atoms with E-state index in [1.165, 1.54) is 6.07 Å². The first-order valence-corrected chi connectivity index (χ1v) is 6.72. The van der Waals surface area contributed by atoms with Crippen LogP contribution in [0.1, 0.15) is 43.0 Å². The molecule has 20 heavy (non-hydrogen) atoms. The van der Waals surface area contributed by atoms with E-state index in [9.17, 15) is 19.3 Å². The summed E-state index contributed by atoms with van der Waals surface area (Å²) < 4.78 is 13.2. The zero-order valence-electron chi connectivity index (χ0n) is 11.3. The van der Waals surface area contributed by atoms with Crippen LogP contribution in [0.4, 0.5) is 10.1 Å². The molecule has 0 bridgehead atoms. The van der Waals surface area contributed by atoms with E-state index in [4.69, 9.17) is 0 Å². The van der Waals surface area contributed by atoms with Gasteiger partial charge < -0.3 is 5.32 Å². The molecule has 108 valence electrons. The molecule has 0 aliphatic heterocycles. The van der Waals surface area contributed by atoms with Gasteiger partial charge in [-0.3, -0.25) is 14.9 Å². The van der Waals surface area contributed by atoms with Crippen molar-refractivity contribution in [3.05, 3.63) is 39.7 Å². The van der Waals surface area contributed by atoms with Crippen LogP contribution in [0.5, 0.6) is 0 Å². The minimum atomic E-state index is -0.932. The average Bonchev–Trinajstić information content (AvgIpc) is 2.41. The van der Waals surface area contributed by atoms with Crippen LogP contribution in [-0.4, -0.2) is 16.9 Å². The highest BCUT2D eigenvalue weighted by molar-refractivity contribution is 5.95. The number of hydrogen-bond donors (Lipinski definition) is 1. The van der Waals surface area contributed by atoms with Gasteiger partial charge >= 0.3 is 5.69 Å². The lowest BCUT2D eigenvalue weighted by molar-refractivity contribution is -0.387. The third-order valence-electron chi connectivity index (χ3n) is 3.76. The van der Waals surface area contributed by atoms with Gasteiger partial charge in [-0.2, -0.15) is 4.39 Å². The Morgan fingerprint density at radius 1 is 1.35 bits per heavy atom. The quantitative estimate of drug-likeness (QED) is 0.683. The predicted octanol–water partition coefficient (Wildman–Crippen LogP) is 3.04. The number of nitro groups is 1. The third kappa shape index (κ3) is 3.31. The van der Waals surface area contributed by atoms with Gasteiger partial charge in [-0.15, -0.1) is 0 Å². The summed E-state index contributed by atoms with van der Waals surface area (Å²) in [6.07, 6.45) is 3.95. The Hall–Kier alpha value is -1.98. The zero-order valence-corrected chi connectivity index (χ0v) is 11.3. The third-order valence-corrected chi connectivity index (χ3v) is 3.76. The maximum Gasteiger partial charge on any atom is 0.305 e. The lowest BCUT2D eigenvalue weighted by Gasteiger charge is -2.26. The Bertz CT molecular complexity index is 525. The van der Waals surface area contributed by atoms with E-state index in [-0.39, 0.29) is 17.5 Å². The smallest absolute Gasteiger partial charge is 0.305 e. The van der Waals surface area contributed by atoms with E-state index in [1.54, 1.807) is 0 Å². The van der Waals surface area contributed by atoms with E-state index in [2.05, 4.69) is 12.2 Å². The first-order chi connectivity index (χ1) is 9.47. The van der Waals surface area contributed by atoms with Crippen molar-refractivity contribution >= 4 is 11.6 Å². The summed E-state index contributed by atoms with van der Waals surface area (Å²) in [5.41, 5.74) is -0.549. The number of halogens is 1. The van der Waals surface area contributed by atoms with Gasteiger partial charge in [0, 0.05) is 17.7 Å². The number of nitrogens with zero attached hydrogens (tertiary/aromatic N) is 1. The molecule has 6 heteroatoms. The number of nitro benzene ring substituents is 1. The minimum absolute atomic E-state index is 0.0998. The maximum atomic E-state index is 13.2. The summed E-state index contributed by atoms with van der Waals surface area (Å²) in [4.78, 5) is 21.9. The lowest BCUT2D eigenvalue weighted by Crippen LogP contribution is -2.37. The largest absolute Gasteiger partial charge is 0.349 e.